The van der Waals surface area contributed by atoms with E-state index in [2.05, 4.69) is 17.1 Å². The van der Waals surface area contributed by atoms with Gasteiger partial charge < -0.3 is 14.8 Å². The maximum atomic E-state index is 5.31. The van der Waals surface area contributed by atoms with Crippen LogP contribution in [0.15, 0.2) is 0 Å². The normalized spacial score (nSPS) is 24.0. The molecular formula is C17H36N2O2. The molecule has 1 N–H and O–H groups in total. The Morgan fingerprint density at radius 1 is 0.952 bits per heavy atom. The molecular weight excluding hydrogens is 264 g/mol. The number of hydrogen-bond donors (Lipinski definition) is 1. The van der Waals surface area contributed by atoms with Crippen molar-refractivity contribution in [2.75, 3.05) is 47.1 Å². The third-order valence-corrected chi connectivity index (χ3v) is 4.52. The molecule has 2 unspecified atom stereocenters. The second-order valence-corrected chi connectivity index (χ2v) is 6.14. The van der Waals surface area contributed by atoms with Gasteiger partial charge in [0.25, 0.3) is 0 Å². The van der Waals surface area contributed by atoms with Gasteiger partial charge >= 0.3 is 0 Å². The zero-order chi connectivity index (χ0) is 15.3. The summed E-state index contributed by atoms with van der Waals surface area (Å²) in [6.45, 7) is 7.01. The van der Waals surface area contributed by atoms with Crippen LogP contribution in [0.4, 0.5) is 0 Å². The number of ether oxygens (including phenoxy) is 2. The van der Waals surface area contributed by atoms with Gasteiger partial charge in [-0.25, -0.2) is 0 Å². The molecule has 1 aliphatic rings. The molecule has 4 heteroatoms. The monoisotopic (exact) mass is 300 g/mol. The van der Waals surface area contributed by atoms with E-state index < -0.39 is 0 Å². The Kier molecular flexibility index (Phi) is 11.1. The van der Waals surface area contributed by atoms with Crippen LogP contribution >= 0.6 is 0 Å². The fraction of sp³-hybridized carbons (Fsp3) is 1.00. The van der Waals surface area contributed by atoms with Crippen LogP contribution in [0.1, 0.15) is 51.9 Å². The summed E-state index contributed by atoms with van der Waals surface area (Å²) in [6, 6.07) is 1.25. The van der Waals surface area contributed by atoms with E-state index in [9.17, 15) is 0 Å². The van der Waals surface area contributed by atoms with Crippen molar-refractivity contribution in [1.82, 2.24) is 10.2 Å². The molecule has 0 spiro atoms. The van der Waals surface area contributed by atoms with Crippen molar-refractivity contribution in [1.29, 1.82) is 0 Å². The second kappa shape index (κ2) is 12.4. The average molecular weight is 300 g/mol. The molecule has 21 heavy (non-hydrogen) atoms. The molecule has 0 heterocycles. The highest BCUT2D eigenvalue weighted by Gasteiger charge is 2.27. The molecule has 0 amide bonds. The van der Waals surface area contributed by atoms with Crippen LogP contribution in [0.2, 0.25) is 0 Å². The molecule has 0 aliphatic heterocycles. The predicted molar refractivity (Wildman–Crippen MR) is 88.9 cm³/mol. The van der Waals surface area contributed by atoms with Crippen LogP contribution < -0.4 is 5.32 Å². The van der Waals surface area contributed by atoms with Crippen molar-refractivity contribution >= 4 is 0 Å². The minimum absolute atomic E-state index is 0.624. The Hall–Kier alpha value is -0.160. The van der Waals surface area contributed by atoms with Crippen LogP contribution in [0, 0.1) is 0 Å². The summed E-state index contributed by atoms with van der Waals surface area (Å²) in [5.41, 5.74) is 0. The highest BCUT2D eigenvalue weighted by atomic mass is 16.5. The van der Waals surface area contributed by atoms with Gasteiger partial charge in [-0.05, 0) is 25.8 Å². The zero-order valence-electron chi connectivity index (χ0n) is 14.4. The van der Waals surface area contributed by atoms with E-state index in [1.807, 2.05) is 0 Å². The van der Waals surface area contributed by atoms with Gasteiger partial charge in [-0.2, -0.15) is 0 Å². The van der Waals surface area contributed by atoms with Crippen molar-refractivity contribution in [2.24, 2.45) is 0 Å². The Labute approximate surface area is 131 Å². The van der Waals surface area contributed by atoms with E-state index in [4.69, 9.17) is 9.47 Å². The van der Waals surface area contributed by atoms with Crippen LogP contribution in [0.3, 0.4) is 0 Å². The summed E-state index contributed by atoms with van der Waals surface area (Å²) in [5.74, 6) is 0. The predicted octanol–water partition coefficient (Wildman–Crippen LogP) is 2.67. The Bertz CT molecular complexity index is 229. The number of nitrogens with one attached hydrogen (secondary N) is 1. The van der Waals surface area contributed by atoms with Crippen molar-refractivity contribution in [2.45, 2.75) is 64.0 Å². The number of methoxy groups -OCH3 is 2. The van der Waals surface area contributed by atoms with Crippen molar-refractivity contribution < 1.29 is 9.47 Å². The van der Waals surface area contributed by atoms with Crippen molar-refractivity contribution in [3.63, 3.8) is 0 Å². The fourth-order valence-electron chi connectivity index (χ4n) is 3.33. The standard InChI is InChI=1S/C17H36N2O2/c1-4-11-18-16-9-7-5-6-8-10-17(16)19(12-14-20-2)13-15-21-3/h16-18H,4-15H2,1-3H3. The average Bonchev–Trinajstić information content (AvgIpc) is 2.48. The molecule has 0 radical (unpaired) electrons. The van der Waals surface area contributed by atoms with Gasteiger partial charge in [-0.1, -0.05) is 32.6 Å². The van der Waals surface area contributed by atoms with Gasteiger partial charge in [0.05, 0.1) is 13.2 Å². The topological polar surface area (TPSA) is 33.7 Å². The summed E-state index contributed by atoms with van der Waals surface area (Å²) >= 11 is 0. The summed E-state index contributed by atoms with van der Waals surface area (Å²) in [5, 5.41) is 3.80. The maximum Gasteiger partial charge on any atom is 0.0589 e. The summed E-state index contributed by atoms with van der Waals surface area (Å²) in [7, 11) is 3.58. The minimum atomic E-state index is 0.624. The van der Waals surface area contributed by atoms with Gasteiger partial charge in [0.1, 0.15) is 0 Å². The van der Waals surface area contributed by atoms with Gasteiger partial charge in [0.2, 0.25) is 0 Å². The molecule has 2 atom stereocenters. The molecule has 0 aromatic heterocycles. The maximum absolute atomic E-state index is 5.31. The molecule has 4 nitrogen and oxygen atoms in total. The lowest BCUT2D eigenvalue weighted by Gasteiger charge is -2.39. The Balaban J connectivity index is 2.67. The summed E-state index contributed by atoms with van der Waals surface area (Å²) < 4.78 is 10.6. The van der Waals surface area contributed by atoms with E-state index in [0.717, 1.165) is 32.8 Å². The first-order valence-electron chi connectivity index (χ1n) is 8.78. The van der Waals surface area contributed by atoms with E-state index in [1.165, 1.54) is 44.9 Å². The highest BCUT2D eigenvalue weighted by Crippen LogP contribution is 2.22. The molecule has 0 bridgehead atoms. The van der Waals surface area contributed by atoms with E-state index >= 15 is 0 Å². The molecule has 1 aliphatic carbocycles. The van der Waals surface area contributed by atoms with Crippen LogP contribution in [0.5, 0.6) is 0 Å². The van der Waals surface area contributed by atoms with E-state index in [1.54, 1.807) is 14.2 Å². The lowest BCUT2D eigenvalue weighted by Crippen LogP contribution is -2.52. The first-order valence-corrected chi connectivity index (χ1v) is 8.78. The lowest BCUT2D eigenvalue weighted by atomic mass is 9.91. The van der Waals surface area contributed by atoms with Crippen LogP contribution in [-0.2, 0) is 9.47 Å². The molecule has 126 valence electrons. The lowest BCUT2D eigenvalue weighted by molar-refractivity contribution is 0.0647. The molecule has 1 fully saturated rings. The molecule has 0 saturated heterocycles. The fourth-order valence-corrected chi connectivity index (χ4v) is 3.33. The molecule has 0 aromatic rings. The van der Waals surface area contributed by atoms with Gasteiger partial charge in [-0.3, -0.25) is 4.90 Å². The molecule has 1 rings (SSSR count). The second-order valence-electron chi connectivity index (χ2n) is 6.14. The van der Waals surface area contributed by atoms with Crippen molar-refractivity contribution in [3.05, 3.63) is 0 Å². The van der Waals surface area contributed by atoms with Gasteiger partial charge in [0, 0.05) is 39.4 Å². The SMILES string of the molecule is CCCNC1CCCCCCC1N(CCOC)CCOC. The van der Waals surface area contributed by atoms with Crippen LogP contribution in [0.25, 0.3) is 0 Å². The first kappa shape index (κ1) is 18.9. The quantitative estimate of drug-likeness (QED) is 0.672. The number of nitrogens with zero attached hydrogens (tertiary/aromatic N) is 1. The zero-order valence-corrected chi connectivity index (χ0v) is 14.4. The molecule has 1 saturated carbocycles. The molecule has 0 aromatic carbocycles. The van der Waals surface area contributed by atoms with Crippen molar-refractivity contribution in [3.8, 4) is 0 Å². The largest absolute Gasteiger partial charge is 0.383 e. The third kappa shape index (κ3) is 7.59. The number of hydrogen-bond acceptors (Lipinski definition) is 4. The van der Waals surface area contributed by atoms with Gasteiger partial charge in [-0.15, -0.1) is 0 Å². The van der Waals surface area contributed by atoms with E-state index in [-0.39, 0.29) is 0 Å². The first-order chi connectivity index (χ1) is 10.3. The Morgan fingerprint density at radius 2 is 1.57 bits per heavy atom. The minimum Gasteiger partial charge on any atom is -0.383 e. The summed E-state index contributed by atoms with van der Waals surface area (Å²) in [4.78, 5) is 2.59. The van der Waals surface area contributed by atoms with E-state index in [0.29, 0.717) is 12.1 Å². The summed E-state index contributed by atoms with van der Waals surface area (Å²) in [6.07, 6.45) is 9.31. The van der Waals surface area contributed by atoms with Crippen LogP contribution in [-0.4, -0.2) is 64.1 Å². The smallest absolute Gasteiger partial charge is 0.0589 e. The Morgan fingerprint density at radius 3 is 2.14 bits per heavy atom. The third-order valence-electron chi connectivity index (χ3n) is 4.52. The van der Waals surface area contributed by atoms with Gasteiger partial charge in [0.15, 0.2) is 0 Å². The number of rotatable bonds is 10. The highest BCUT2D eigenvalue weighted by molar-refractivity contribution is 4.86.